The molecule has 0 saturated carbocycles. The van der Waals surface area contributed by atoms with E-state index in [-0.39, 0.29) is 5.97 Å². The van der Waals surface area contributed by atoms with Crippen molar-refractivity contribution in [2.45, 2.75) is 0 Å². The van der Waals surface area contributed by atoms with E-state index in [1.807, 2.05) is 24.3 Å². The first-order chi connectivity index (χ1) is 6.76. The monoisotopic (exact) mass is 192 g/mol. The number of benzene rings is 1. The highest BCUT2D eigenvalue weighted by Gasteiger charge is 1.93. The lowest BCUT2D eigenvalue weighted by Crippen LogP contribution is -2.06. The highest BCUT2D eigenvalue weighted by Crippen LogP contribution is 2.10. The molecule has 14 heavy (non-hydrogen) atoms. The second-order valence-corrected chi connectivity index (χ2v) is 2.63. The molecular formula is C10H12N2O2. The number of hydrogen-bond donors (Lipinski definition) is 2. The van der Waals surface area contributed by atoms with Gasteiger partial charge in [0.05, 0.1) is 7.11 Å². The van der Waals surface area contributed by atoms with E-state index in [0.717, 1.165) is 11.3 Å². The summed E-state index contributed by atoms with van der Waals surface area (Å²) >= 11 is 0. The molecule has 3 N–H and O–H groups in total. The molecule has 0 aliphatic carbocycles. The summed E-state index contributed by atoms with van der Waals surface area (Å²) < 4.78 is 4.46. The number of esters is 1. The molecule has 4 heteroatoms. The lowest BCUT2D eigenvalue weighted by atomic mass is 10.2. The van der Waals surface area contributed by atoms with E-state index in [9.17, 15) is 4.79 Å². The number of rotatable bonds is 3. The Hall–Kier alpha value is -1.81. The summed E-state index contributed by atoms with van der Waals surface area (Å²) in [5.41, 5.74) is 4.19. The molecule has 74 valence electrons. The molecule has 0 fully saturated rings. The van der Waals surface area contributed by atoms with Crippen molar-refractivity contribution < 1.29 is 9.53 Å². The average molecular weight is 192 g/mol. The van der Waals surface area contributed by atoms with Gasteiger partial charge >= 0.3 is 5.97 Å². The van der Waals surface area contributed by atoms with Crippen molar-refractivity contribution in [3.8, 4) is 0 Å². The maximum absolute atomic E-state index is 10.8. The van der Waals surface area contributed by atoms with Crippen LogP contribution in [-0.2, 0) is 9.53 Å². The van der Waals surface area contributed by atoms with E-state index < -0.39 is 0 Å². The lowest BCUT2D eigenvalue weighted by molar-refractivity contribution is -0.134. The number of hydrogen-bond acceptors (Lipinski definition) is 4. The molecule has 0 unspecified atom stereocenters. The quantitative estimate of drug-likeness (QED) is 0.326. The Morgan fingerprint density at radius 2 is 2.36 bits per heavy atom. The van der Waals surface area contributed by atoms with E-state index in [2.05, 4.69) is 10.2 Å². The second kappa shape index (κ2) is 5.04. The molecule has 4 nitrogen and oxygen atoms in total. The van der Waals surface area contributed by atoms with E-state index in [0.29, 0.717) is 0 Å². The summed E-state index contributed by atoms with van der Waals surface area (Å²) in [5, 5.41) is 0. The number of hydrazine groups is 1. The molecule has 0 heterocycles. The SMILES string of the molecule is COC(=O)C=Cc1cccc(NN)c1. The number of nitrogen functional groups attached to an aromatic ring is 1. The zero-order valence-electron chi connectivity index (χ0n) is 7.86. The summed E-state index contributed by atoms with van der Waals surface area (Å²) in [7, 11) is 1.34. The minimum atomic E-state index is -0.379. The molecular weight excluding hydrogens is 180 g/mol. The summed E-state index contributed by atoms with van der Waals surface area (Å²) in [6, 6.07) is 7.35. The molecule has 1 aromatic carbocycles. The van der Waals surface area contributed by atoms with Crippen LogP contribution in [0.4, 0.5) is 5.69 Å². The summed E-state index contributed by atoms with van der Waals surface area (Å²) in [5.74, 6) is 4.86. The van der Waals surface area contributed by atoms with Gasteiger partial charge in [-0.25, -0.2) is 4.79 Å². The highest BCUT2D eigenvalue weighted by molar-refractivity contribution is 5.87. The Bertz CT molecular complexity index is 348. The van der Waals surface area contributed by atoms with Gasteiger partial charge in [-0.05, 0) is 23.8 Å². The number of carbonyl (C=O) groups is 1. The van der Waals surface area contributed by atoms with E-state index in [1.165, 1.54) is 13.2 Å². The minimum Gasteiger partial charge on any atom is -0.466 e. The highest BCUT2D eigenvalue weighted by atomic mass is 16.5. The van der Waals surface area contributed by atoms with Gasteiger partial charge < -0.3 is 10.2 Å². The lowest BCUT2D eigenvalue weighted by Gasteiger charge is -1.99. The Morgan fingerprint density at radius 3 is 3.00 bits per heavy atom. The first-order valence-corrected chi connectivity index (χ1v) is 4.09. The smallest absolute Gasteiger partial charge is 0.330 e. The maximum atomic E-state index is 10.8. The number of ether oxygens (including phenoxy) is 1. The molecule has 1 aromatic rings. The minimum absolute atomic E-state index is 0.379. The van der Waals surface area contributed by atoms with Crippen molar-refractivity contribution in [3.05, 3.63) is 35.9 Å². The van der Waals surface area contributed by atoms with Crippen molar-refractivity contribution in [2.75, 3.05) is 12.5 Å². The number of nitrogens with one attached hydrogen (secondary N) is 1. The van der Waals surface area contributed by atoms with Crippen LogP contribution >= 0.6 is 0 Å². The molecule has 0 spiro atoms. The number of nitrogens with two attached hydrogens (primary N) is 1. The largest absolute Gasteiger partial charge is 0.466 e. The molecule has 0 aliphatic heterocycles. The van der Waals surface area contributed by atoms with Crippen molar-refractivity contribution in [1.82, 2.24) is 0 Å². The zero-order valence-corrected chi connectivity index (χ0v) is 7.86. The van der Waals surface area contributed by atoms with Crippen LogP contribution in [-0.4, -0.2) is 13.1 Å². The molecule has 0 atom stereocenters. The zero-order chi connectivity index (χ0) is 10.4. The third kappa shape index (κ3) is 2.91. The van der Waals surface area contributed by atoms with Crippen molar-refractivity contribution >= 4 is 17.7 Å². The van der Waals surface area contributed by atoms with Gasteiger partial charge in [0.2, 0.25) is 0 Å². The van der Waals surface area contributed by atoms with Crippen LogP contribution in [0.15, 0.2) is 30.3 Å². The Kier molecular flexibility index (Phi) is 3.69. The van der Waals surface area contributed by atoms with Crippen LogP contribution in [0.1, 0.15) is 5.56 Å². The van der Waals surface area contributed by atoms with Crippen LogP contribution in [0.25, 0.3) is 6.08 Å². The molecule has 0 saturated heterocycles. The van der Waals surface area contributed by atoms with Gasteiger partial charge in [-0.3, -0.25) is 5.84 Å². The normalized spacial score (nSPS) is 10.1. The van der Waals surface area contributed by atoms with Crippen LogP contribution in [0.3, 0.4) is 0 Å². The van der Waals surface area contributed by atoms with Gasteiger partial charge in [0.1, 0.15) is 0 Å². The van der Waals surface area contributed by atoms with Crippen LogP contribution in [0.2, 0.25) is 0 Å². The van der Waals surface area contributed by atoms with Crippen molar-refractivity contribution in [2.24, 2.45) is 5.84 Å². The standard InChI is InChI=1S/C10H12N2O2/c1-14-10(13)6-5-8-3-2-4-9(7-8)12-11/h2-7,12H,11H2,1H3. The third-order valence-corrected chi connectivity index (χ3v) is 1.67. The van der Waals surface area contributed by atoms with Gasteiger partial charge in [-0.15, -0.1) is 0 Å². The summed E-state index contributed by atoms with van der Waals surface area (Å²) in [6.45, 7) is 0. The molecule has 1 rings (SSSR count). The van der Waals surface area contributed by atoms with Crippen LogP contribution in [0, 0.1) is 0 Å². The van der Waals surface area contributed by atoms with Crippen molar-refractivity contribution in [3.63, 3.8) is 0 Å². The first kappa shape index (κ1) is 10.3. The number of carbonyl (C=O) groups excluding carboxylic acids is 1. The maximum Gasteiger partial charge on any atom is 0.330 e. The van der Waals surface area contributed by atoms with Gasteiger partial charge in [0, 0.05) is 11.8 Å². The topological polar surface area (TPSA) is 64.3 Å². The van der Waals surface area contributed by atoms with Gasteiger partial charge in [0.15, 0.2) is 0 Å². The third-order valence-electron chi connectivity index (χ3n) is 1.67. The first-order valence-electron chi connectivity index (χ1n) is 4.09. The van der Waals surface area contributed by atoms with E-state index >= 15 is 0 Å². The number of anilines is 1. The predicted molar refractivity (Wildman–Crippen MR) is 55.3 cm³/mol. The molecule has 0 aromatic heterocycles. The average Bonchev–Trinajstić information content (AvgIpc) is 2.26. The van der Waals surface area contributed by atoms with E-state index in [4.69, 9.17) is 5.84 Å². The van der Waals surface area contributed by atoms with Gasteiger partial charge in [-0.1, -0.05) is 12.1 Å². The summed E-state index contributed by atoms with van der Waals surface area (Å²) in [6.07, 6.45) is 3.02. The Balaban J connectivity index is 2.76. The fraction of sp³-hybridized carbons (Fsp3) is 0.100. The molecule has 0 aliphatic rings. The molecule has 0 bridgehead atoms. The predicted octanol–water partition coefficient (Wildman–Crippen LogP) is 1.16. The van der Waals surface area contributed by atoms with Crippen molar-refractivity contribution in [1.29, 1.82) is 0 Å². The fourth-order valence-electron chi connectivity index (χ4n) is 0.964. The summed E-state index contributed by atoms with van der Waals surface area (Å²) in [4.78, 5) is 10.8. The number of methoxy groups -OCH3 is 1. The Morgan fingerprint density at radius 1 is 1.57 bits per heavy atom. The van der Waals surface area contributed by atoms with Crippen LogP contribution in [0.5, 0.6) is 0 Å². The van der Waals surface area contributed by atoms with Gasteiger partial charge in [-0.2, -0.15) is 0 Å². The molecule has 0 amide bonds. The molecule has 0 radical (unpaired) electrons. The Labute approximate surface area is 82.3 Å². The van der Waals surface area contributed by atoms with E-state index in [1.54, 1.807) is 6.08 Å². The fourth-order valence-corrected chi connectivity index (χ4v) is 0.964. The second-order valence-electron chi connectivity index (χ2n) is 2.63. The van der Waals surface area contributed by atoms with Crippen LogP contribution < -0.4 is 11.3 Å². The van der Waals surface area contributed by atoms with Gasteiger partial charge in [0.25, 0.3) is 0 Å².